The number of carbonyl (C=O) groups is 1. The number of amides is 1. The lowest BCUT2D eigenvalue weighted by Gasteiger charge is -2.28. The number of thioether (sulfide) groups is 1. The molecule has 0 unspecified atom stereocenters. The molecule has 0 spiro atoms. The minimum atomic E-state index is -0.122. The predicted octanol–water partition coefficient (Wildman–Crippen LogP) is 3.04. The maximum atomic E-state index is 11.4. The molecule has 0 radical (unpaired) electrons. The number of ether oxygens (including phenoxy) is 1. The summed E-state index contributed by atoms with van der Waals surface area (Å²) in [5.41, 5.74) is 0. The van der Waals surface area contributed by atoms with E-state index in [1.165, 1.54) is 12.8 Å². The lowest BCUT2D eigenvalue weighted by Crippen LogP contribution is -2.31. The van der Waals surface area contributed by atoms with Crippen molar-refractivity contribution in [3.8, 4) is 5.75 Å². The molecule has 0 atom stereocenters. The third-order valence-corrected chi connectivity index (χ3v) is 5.45. The number of nitrogens with zero attached hydrogens (tertiary/aromatic N) is 1. The number of benzene rings is 1. The highest BCUT2D eigenvalue weighted by atomic mass is 35.5. The fourth-order valence-electron chi connectivity index (χ4n) is 2.35. The standard InChI is InChI=1S/C16H23ClN2O2S/c1-3-18-16(20)11-21-12-4-5-15(14(17)10-12)22-13-6-8-19(2)9-7-13/h4-5,10,13H,3,6-9,11H2,1-2H3,(H,18,20). The first kappa shape index (κ1) is 17.4. The van der Waals surface area contributed by atoms with Crippen molar-refractivity contribution < 1.29 is 9.53 Å². The van der Waals surface area contributed by atoms with Crippen molar-refractivity contribution in [3.63, 3.8) is 0 Å². The molecule has 1 saturated heterocycles. The maximum Gasteiger partial charge on any atom is 0.257 e. The number of hydrogen-bond donors (Lipinski definition) is 1. The summed E-state index contributed by atoms with van der Waals surface area (Å²) in [6.45, 7) is 4.79. The first-order valence-corrected chi connectivity index (χ1v) is 8.88. The van der Waals surface area contributed by atoms with Gasteiger partial charge >= 0.3 is 0 Å². The third kappa shape index (κ3) is 5.38. The van der Waals surface area contributed by atoms with Gasteiger partial charge in [0.25, 0.3) is 5.91 Å². The van der Waals surface area contributed by atoms with Crippen molar-refractivity contribution in [2.24, 2.45) is 0 Å². The second kappa shape index (κ2) is 8.65. The SMILES string of the molecule is CCNC(=O)COc1ccc(SC2CCN(C)CC2)c(Cl)c1. The van der Waals surface area contributed by atoms with Crippen molar-refractivity contribution in [3.05, 3.63) is 23.2 Å². The molecule has 1 aromatic rings. The van der Waals surface area contributed by atoms with Crippen molar-refractivity contribution in [1.29, 1.82) is 0 Å². The summed E-state index contributed by atoms with van der Waals surface area (Å²) in [7, 11) is 2.16. The summed E-state index contributed by atoms with van der Waals surface area (Å²) in [6, 6.07) is 5.65. The van der Waals surface area contributed by atoms with Gasteiger partial charge in [0.2, 0.25) is 0 Å². The van der Waals surface area contributed by atoms with Crippen LogP contribution in [0.1, 0.15) is 19.8 Å². The molecule has 1 amide bonds. The van der Waals surface area contributed by atoms with Crippen LogP contribution in [0.5, 0.6) is 5.75 Å². The Labute approximate surface area is 141 Å². The number of carbonyl (C=O) groups excluding carboxylic acids is 1. The van der Waals surface area contributed by atoms with Gasteiger partial charge in [-0.1, -0.05) is 11.6 Å². The first-order valence-electron chi connectivity index (χ1n) is 7.62. The molecule has 1 aromatic carbocycles. The van der Waals surface area contributed by atoms with E-state index in [0.717, 1.165) is 18.0 Å². The van der Waals surface area contributed by atoms with E-state index in [0.29, 0.717) is 22.6 Å². The minimum absolute atomic E-state index is 0.0195. The lowest BCUT2D eigenvalue weighted by molar-refractivity contribution is -0.122. The van der Waals surface area contributed by atoms with Crippen LogP contribution in [-0.2, 0) is 4.79 Å². The van der Waals surface area contributed by atoms with E-state index in [1.807, 2.05) is 30.8 Å². The number of likely N-dealkylation sites (N-methyl/N-ethyl adjacent to an activating group) is 1. The Morgan fingerprint density at radius 3 is 2.82 bits per heavy atom. The molecule has 22 heavy (non-hydrogen) atoms. The molecule has 1 aliphatic rings. The Morgan fingerprint density at radius 2 is 2.18 bits per heavy atom. The van der Waals surface area contributed by atoms with E-state index < -0.39 is 0 Å². The molecule has 0 bridgehead atoms. The highest BCUT2D eigenvalue weighted by molar-refractivity contribution is 8.00. The summed E-state index contributed by atoms with van der Waals surface area (Å²) in [4.78, 5) is 14.8. The van der Waals surface area contributed by atoms with Gasteiger partial charge in [-0.2, -0.15) is 0 Å². The van der Waals surface area contributed by atoms with Gasteiger partial charge in [0.15, 0.2) is 6.61 Å². The van der Waals surface area contributed by atoms with Gasteiger partial charge in [0, 0.05) is 16.7 Å². The summed E-state index contributed by atoms with van der Waals surface area (Å²) < 4.78 is 5.45. The number of likely N-dealkylation sites (tertiary alicyclic amines) is 1. The van der Waals surface area contributed by atoms with Gasteiger partial charge in [0.05, 0.1) is 5.02 Å². The summed E-state index contributed by atoms with van der Waals surface area (Å²) in [5.74, 6) is 0.507. The zero-order valence-electron chi connectivity index (χ0n) is 13.1. The van der Waals surface area contributed by atoms with E-state index in [-0.39, 0.29) is 12.5 Å². The fraction of sp³-hybridized carbons (Fsp3) is 0.562. The second-order valence-corrected chi connectivity index (χ2v) is 7.20. The van der Waals surface area contributed by atoms with Gasteiger partial charge in [0.1, 0.15) is 5.75 Å². The Morgan fingerprint density at radius 1 is 1.45 bits per heavy atom. The maximum absolute atomic E-state index is 11.4. The van der Waals surface area contributed by atoms with Crippen molar-refractivity contribution in [1.82, 2.24) is 10.2 Å². The predicted molar refractivity (Wildman–Crippen MR) is 92.0 cm³/mol. The van der Waals surface area contributed by atoms with E-state index in [2.05, 4.69) is 17.3 Å². The van der Waals surface area contributed by atoms with Crippen LogP contribution in [0.15, 0.2) is 23.1 Å². The number of nitrogens with one attached hydrogen (secondary N) is 1. The highest BCUT2D eigenvalue weighted by Crippen LogP contribution is 2.36. The summed E-state index contributed by atoms with van der Waals surface area (Å²) in [6.07, 6.45) is 2.37. The monoisotopic (exact) mass is 342 g/mol. The molecular weight excluding hydrogens is 320 g/mol. The minimum Gasteiger partial charge on any atom is -0.484 e. The van der Waals surface area contributed by atoms with Gasteiger partial charge < -0.3 is 15.0 Å². The average molecular weight is 343 g/mol. The van der Waals surface area contributed by atoms with Crippen LogP contribution < -0.4 is 10.1 Å². The van der Waals surface area contributed by atoms with Crippen LogP contribution in [0.3, 0.4) is 0 Å². The van der Waals surface area contributed by atoms with Crippen LogP contribution in [0, 0.1) is 0 Å². The Balaban J connectivity index is 1.87. The van der Waals surface area contributed by atoms with Gasteiger partial charge in [-0.25, -0.2) is 0 Å². The Bertz CT molecular complexity index is 505. The van der Waals surface area contributed by atoms with Crippen LogP contribution in [0.25, 0.3) is 0 Å². The molecular formula is C16H23ClN2O2S. The molecule has 2 rings (SSSR count). The van der Waals surface area contributed by atoms with E-state index >= 15 is 0 Å². The summed E-state index contributed by atoms with van der Waals surface area (Å²) in [5, 5.41) is 4.01. The van der Waals surface area contributed by atoms with Crippen molar-refractivity contribution in [2.75, 3.05) is 33.3 Å². The zero-order valence-corrected chi connectivity index (χ0v) is 14.7. The smallest absolute Gasteiger partial charge is 0.257 e. The van der Waals surface area contributed by atoms with Crippen LogP contribution >= 0.6 is 23.4 Å². The molecule has 0 aromatic heterocycles. The quantitative estimate of drug-likeness (QED) is 0.862. The zero-order chi connectivity index (χ0) is 15.9. The topological polar surface area (TPSA) is 41.6 Å². The van der Waals surface area contributed by atoms with Gasteiger partial charge in [-0.3, -0.25) is 4.79 Å². The third-order valence-electron chi connectivity index (χ3n) is 3.61. The molecule has 1 aliphatic heterocycles. The molecule has 1 heterocycles. The normalized spacial score (nSPS) is 16.5. The first-order chi connectivity index (χ1) is 10.6. The molecule has 122 valence electrons. The van der Waals surface area contributed by atoms with Crippen LogP contribution in [0.4, 0.5) is 0 Å². The highest BCUT2D eigenvalue weighted by Gasteiger charge is 2.18. The van der Waals surface area contributed by atoms with Crippen molar-refractivity contribution >= 4 is 29.3 Å². The van der Waals surface area contributed by atoms with Crippen LogP contribution in [0.2, 0.25) is 5.02 Å². The molecule has 1 N–H and O–H groups in total. The van der Waals surface area contributed by atoms with E-state index in [9.17, 15) is 4.79 Å². The van der Waals surface area contributed by atoms with Gasteiger partial charge in [-0.05, 0) is 58.1 Å². The Hall–Kier alpha value is -0.910. The number of piperidine rings is 1. The van der Waals surface area contributed by atoms with Crippen LogP contribution in [-0.4, -0.2) is 49.3 Å². The molecule has 0 saturated carbocycles. The lowest BCUT2D eigenvalue weighted by atomic mass is 10.1. The molecule has 0 aliphatic carbocycles. The van der Waals surface area contributed by atoms with E-state index in [1.54, 1.807) is 6.07 Å². The number of hydrogen-bond acceptors (Lipinski definition) is 4. The summed E-state index contributed by atoms with van der Waals surface area (Å²) >= 11 is 8.18. The number of rotatable bonds is 6. The molecule has 1 fully saturated rings. The molecule has 6 heteroatoms. The largest absolute Gasteiger partial charge is 0.484 e. The molecule has 4 nitrogen and oxygen atoms in total. The Kier molecular flexibility index (Phi) is 6.86. The average Bonchev–Trinajstić information content (AvgIpc) is 2.50. The second-order valence-electron chi connectivity index (χ2n) is 5.45. The van der Waals surface area contributed by atoms with Gasteiger partial charge in [-0.15, -0.1) is 11.8 Å². The van der Waals surface area contributed by atoms with Crippen molar-refractivity contribution in [2.45, 2.75) is 29.9 Å². The number of halogens is 1. The van der Waals surface area contributed by atoms with E-state index in [4.69, 9.17) is 16.3 Å². The fourth-order valence-corrected chi connectivity index (χ4v) is 3.77.